The molecule has 0 unspecified atom stereocenters. The molecule has 16 heavy (non-hydrogen) atoms. The first-order valence-electron chi connectivity index (χ1n) is 5.04. The largest absolute Gasteiger partial charge is 0.486 e. The highest BCUT2D eigenvalue weighted by molar-refractivity contribution is 5.66. The average Bonchev–Trinajstić information content (AvgIpc) is 2.75. The van der Waals surface area contributed by atoms with Crippen LogP contribution in [0.4, 0.5) is 5.82 Å². The molecule has 0 amide bonds. The van der Waals surface area contributed by atoms with E-state index in [2.05, 4.69) is 10.2 Å². The van der Waals surface area contributed by atoms with E-state index in [4.69, 9.17) is 15.2 Å². The smallest absolute Gasteiger partial charge is 0.162 e. The van der Waals surface area contributed by atoms with Crippen molar-refractivity contribution in [2.75, 3.05) is 18.9 Å². The Morgan fingerprint density at radius 2 is 1.94 bits per heavy atom. The molecule has 0 bridgehead atoms. The number of hydrogen-bond donors (Lipinski definition) is 2. The SMILES string of the molecule is Nc1cc(-c2ccc3c(c2)OCCO3)[nH]n1. The number of hydrogen-bond acceptors (Lipinski definition) is 4. The molecule has 1 aliphatic rings. The number of nitrogen functional groups attached to an aromatic ring is 1. The maximum absolute atomic E-state index is 5.56. The minimum Gasteiger partial charge on any atom is -0.486 e. The Balaban J connectivity index is 2.02. The lowest BCUT2D eigenvalue weighted by molar-refractivity contribution is 0.171. The van der Waals surface area contributed by atoms with Gasteiger partial charge in [-0.15, -0.1) is 0 Å². The molecule has 0 atom stereocenters. The number of ether oxygens (including phenoxy) is 2. The molecule has 0 saturated heterocycles. The summed E-state index contributed by atoms with van der Waals surface area (Å²) in [5, 5.41) is 6.74. The van der Waals surface area contributed by atoms with Gasteiger partial charge >= 0.3 is 0 Å². The van der Waals surface area contributed by atoms with Gasteiger partial charge in [0.05, 0.1) is 5.69 Å². The van der Waals surface area contributed by atoms with Crippen molar-refractivity contribution in [2.45, 2.75) is 0 Å². The van der Waals surface area contributed by atoms with Crippen molar-refractivity contribution in [3.05, 3.63) is 24.3 Å². The number of fused-ring (bicyclic) bond motifs is 1. The molecule has 5 nitrogen and oxygen atoms in total. The van der Waals surface area contributed by atoms with Crippen LogP contribution in [0.1, 0.15) is 0 Å². The van der Waals surface area contributed by atoms with Gasteiger partial charge in [0.15, 0.2) is 11.5 Å². The average molecular weight is 217 g/mol. The van der Waals surface area contributed by atoms with Crippen LogP contribution in [0.2, 0.25) is 0 Å². The van der Waals surface area contributed by atoms with E-state index in [0.29, 0.717) is 19.0 Å². The van der Waals surface area contributed by atoms with E-state index in [0.717, 1.165) is 22.8 Å². The molecule has 3 rings (SSSR count). The Hall–Kier alpha value is -2.17. The maximum atomic E-state index is 5.56. The highest BCUT2D eigenvalue weighted by Gasteiger charge is 2.12. The lowest BCUT2D eigenvalue weighted by Crippen LogP contribution is -2.15. The molecular weight excluding hydrogens is 206 g/mol. The number of nitrogens with two attached hydrogens (primary N) is 1. The third-order valence-electron chi connectivity index (χ3n) is 2.45. The van der Waals surface area contributed by atoms with Crippen LogP contribution in [0.5, 0.6) is 11.5 Å². The maximum Gasteiger partial charge on any atom is 0.162 e. The molecule has 0 saturated carbocycles. The van der Waals surface area contributed by atoms with Crippen LogP contribution >= 0.6 is 0 Å². The Morgan fingerprint density at radius 3 is 2.69 bits per heavy atom. The zero-order valence-corrected chi connectivity index (χ0v) is 8.56. The van der Waals surface area contributed by atoms with E-state index in [1.807, 2.05) is 18.2 Å². The summed E-state index contributed by atoms with van der Waals surface area (Å²) in [6, 6.07) is 7.54. The molecular formula is C11H11N3O2. The number of anilines is 1. The van der Waals surface area contributed by atoms with E-state index in [9.17, 15) is 0 Å². The highest BCUT2D eigenvalue weighted by Crippen LogP contribution is 2.34. The van der Waals surface area contributed by atoms with Crippen LogP contribution in [-0.2, 0) is 0 Å². The highest BCUT2D eigenvalue weighted by atomic mass is 16.6. The Labute approximate surface area is 92.2 Å². The first-order chi connectivity index (χ1) is 7.83. The van der Waals surface area contributed by atoms with Gasteiger partial charge in [0.1, 0.15) is 19.0 Å². The first-order valence-corrected chi connectivity index (χ1v) is 5.04. The Bertz CT molecular complexity index is 522. The minimum absolute atomic E-state index is 0.477. The molecule has 1 aromatic carbocycles. The Morgan fingerprint density at radius 1 is 1.12 bits per heavy atom. The molecule has 82 valence electrons. The van der Waals surface area contributed by atoms with Gasteiger partial charge in [-0.05, 0) is 18.2 Å². The summed E-state index contributed by atoms with van der Waals surface area (Å²) < 4.78 is 10.9. The van der Waals surface area contributed by atoms with Gasteiger partial charge in [0.25, 0.3) is 0 Å². The van der Waals surface area contributed by atoms with Crippen molar-refractivity contribution in [2.24, 2.45) is 0 Å². The molecule has 0 spiro atoms. The van der Waals surface area contributed by atoms with Crippen molar-refractivity contribution < 1.29 is 9.47 Å². The normalized spacial score (nSPS) is 13.8. The van der Waals surface area contributed by atoms with Crippen LogP contribution in [0.3, 0.4) is 0 Å². The molecule has 2 aromatic rings. The zero-order valence-electron chi connectivity index (χ0n) is 8.56. The summed E-state index contributed by atoms with van der Waals surface area (Å²) in [5.41, 5.74) is 7.41. The van der Waals surface area contributed by atoms with Crippen LogP contribution in [0.25, 0.3) is 11.3 Å². The second-order valence-corrected chi connectivity index (χ2v) is 3.56. The summed E-state index contributed by atoms with van der Waals surface area (Å²) in [5.74, 6) is 2.02. The van der Waals surface area contributed by atoms with Crippen molar-refractivity contribution in [3.63, 3.8) is 0 Å². The number of aromatic amines is 1. The number of nitrogens with zero attached hydrogens (tertiary/aromatic N) is 1. The number of rotatable bonds is 1. The van der Waals surface area contributed by atoms with E-state index in [1.165, 1.54) is 0 Å². The predicted octanol–water partition coefficient (Wildman–Crippen LogP) is 1.43. The fraction of sp³-hybridized carbons (Fsp3) is 0.182. The summed E-state index contributed by atoms with van der Waals surface area (Å²) in [6.07, 6.45) is 0. The predicted molar refractivity (Wildman–Crippen MR) is 59.4 cm³/mol. The summed E-state index contributed by atoms with van der Waals surface area (Å²) in [4.78, 5) is 0. The molecule has 0 fully saturated rings. The zero-order chi connectivity index (χ0) is 11.0. The number of aromatic nitrogens is 2. The fourth-order valence-corrected chi connectivity index (χ4v) is 1.70. The van der Waals surface area contributed by atoms with Gasteiger partial charge in [-0.25, -0.2) is 0 Å². The third-order valence-corrected chi connectivity index (χ3v) is 2.45. The lowest BCUT2D eigenvalue weighted by Gasteiger charge is -2.18. The van der Waals surface area contributed by atoms with Gasteiger partial charge in [-0.2, -0.15) is 5.10 Å². The van der Waals surface area contributed by atoms with Crippen LogP contribution in [0, 0.1) is 0 Å². The monoisotopic (exact) mass is 217 g/mol. The van der Waals surface area contributed by atoms with E-state index in [-0.39, 0.29) is 0 Å². The lowest BCUT2D eigenvalue weighted by atomic mass is 10.1. The van der Waals surface area contributed by atoms with Gasteiger partial charge in [-0.1, -0.05) is 0 Å². The van der Waals surface area contributed by atoms with Crippen molar-refractivity contribution in [1.82, 2.24) is 10.2 Å². The quantitative estimate of drug-likeness (QED) is 0.757. The number of benzene rings is 1. The summed E-state index contributed by atoms with van der Waals surface area (Å²) >= 11 is 0. The van der Waals surface area contributed by atoms with E-state index in [1.54, 1.807) is 6.07 Å². The molecule has 5 heteroatoms. The standard InChI is InChI=1S/C11H11N3O2/c12-11-6-8(13-14-11)7-1-2-9-10(5-7)16-4-3-15-9/h1-2,5-6H,3-4H2,(H3,12,13,14). The second-order valence-electron chi connectivity index (χ2n) is 3.56. The number of nitrogens with one attached hydrogen (secondary N) is 1. The second kappa shape index (κ2) is 3.44. The molecule has 3 N–H and O–H groups in total. The van der Waals surface area contributed by atoms with Gasteiger partial charge in [0, 0.05) is 11.6 Å². The van der Waals surface area contributed by atoms with Crippen molar-refractivity contribution in [1.29, 1.82) is 0 Å². The molecule has 1 aliphatic heterocycles. The molecule has 0 radical (unpaired) electrons. The van der Waals surface area contributed by atoms with Gasteiger partial charge in [0.2, 0.25) is 0 Å². The fourth-order valence-electron chi connectivity index (χ4n) is 1.70. The van der Waals surface area contributed by atoms with Gasteiger partial charge < -0.3 is 15.2 Å². The van der Waals surface area contributed by atoms with Crippen molar-refractivity contribution >= 4 is 5.82 Å². The first kappa shape index (κ1) is 9.08. The van der Waals surface area contributed by atoms with Gasteiger partial charge in [-0.3, -0.25) is 5.10 Å². The third kappa shape index (κ3) is 1.46. The Kier molecular flexibility index (Phi) is 1.96. The summed E-state index contributed by atoms with van der Waals surface area (Å²) in [7, 11) is 0. The van der Waals surface area contributed by atoms with Crippen LogP contribution in [0.15, 0.2) is 24.3 Å². The van der Waals surface area contributed by atoms with Crippen molar-refractivity contribution in [3.8, 4) is 22.8 Å². The molecule has 0 aliphatic carbocycles. The van der Waals surface area contributed by atoms with E-state index < -0.39 is 0 Å². The van der Waals surface area contributed by atoms with E-state index >= 15 is 0 Å². The molecule has 1 aromatic heterocycles. The van der Waals surface area contributed by atoms with Crippen LogP contribution < -0.4 is 15.2 Å². The van der Waals surface area contributed by atoms with Crippen LogP contribution in [-0.4, -0.2) is 23.4 Å². The molecule has 2 heterocycles. The number of H-pyrrole nitrogens is 1. The topological polar surface area (TPSA) is 73.2 Å². The minimum atomic E-state index is 0.477. The summed E-state index contributed by atoms with van der Waals surface area (Å²) in [6.45, 7) is 1.19.